The molecule has 1 aliphatic rings. The van der Waals surface area contributed by atoms with Crippen LogP contribution in [-0.2, 0) is 9.53 Å². The van der Waals surface area contributed by atoms with E-state index >= 15 is 4.79 Å². The van der Waals surface area contributed by atoms with Crippen LogP contribution in [0.2, 0.25) is 0 Å². The van der Waals surface area contributed by atoms with Crippen LogP contribution >= 0.6 is 0 Å². The van der Waals surface area contributed by atoms with Gasteiger partial charge in [0, 0.05) is 0 Å². The highest BCUT2D eigenvalue weighted by Crippen LogP contribution is 2.68. The molecule has 0 aromatic heterocycles. The molecule has 0 saturated heterocycles. The fourth-order valence-corrected chi connectivity index (χ4v) is 18.1. The van der Waals surface area contributed by atoms with E-state index in [0.29, 0.717) is 17.5 Å². The molecule has 0 bridgehead atoms. The Morgan fingerprint density at radius 2 is 0.633 bits per heavy atom. The van der Waals surface area contributed by atoms with Crippen molar-refractivity contribution in [1.82, 2.24) is 4.90 Å². The summed E-state index contributed by atoms with van der Waals surface area (Å²) >= 11 is 0. The van der Waals surface area contributed by atoms with Crippen LogP contribution in [0.4, 0.5) is 0 Å². The van der Waals surface area contributed by atoms with Gasteiger partial charge in [-0.2, -0.15) is 0 Å². The van der Waals surface area contributed by atoms with Crippen molar-refractivity contribution in [2.24, 2.45) is 54.1 Å². The van der Waals surface area contributed by atoms with Crippen LogP contribution in [0.25, 0.3) is 0 Å². The fraction of sp³-hybridized carbons (Fsp3) is 0.878. The summed E-state index contributed by atoms with van der Waals surface area (Å²) in [7, 11) is 0. The third-order valence-electron chi connectivity index (χ3n) is 25.3. The first kappa shape index (κ1) is 72.9. The van der Waals surface area contributed by atoms with Crippen LogP contribution in [0.1, 0.15) is 372 Å². The number of amides is 2. The number of nitrogens with zero attached hydrogens (tertiary/aromatic N) is 1. The van der Waals surface area contributed by atoms with Crippen LogP contribution in [0.15, 0.2) is 24.3 Å². The van der Waals surface area contributed by atoms with Crippen LogP contribution in [0, 0.1) is 54.1 Å². The van der Waals surface area contributed by atoms with Crippen LogP contribution in [0.3, 0.4) is 0 Å². The molecule has 0 fully saturated rings. The van der Waals surface area contributed by atoms with E-state index in [9.17, 15) is 9.59 Å². The zero-order valence-electron chi connectivity index (χ0n) is 56.9. The molecular formula is C74H135NO4. The quantitative estimate of drug-likeness (QED) is 0.0371. The fourth-order valence-electron chi connectivity index (χ4n) is 18.1. The van der Waals surface area contributed by atoms with E-state index < -0.39 is 5.41 Å². The van der Waals surface area contributed by atoms with E-state index in [-0.39, 0.29) is 79.7 Å². The Labute approximate surface area is 493 Å². The SMILES string of the molecule is CCCCCC(CC(CC)(CC)CC)(CC(CC)(CC)CC)CC(CC(CC)(CC)CC)(CC(CC(CC)(CC)CC)(CC(CC)(CC)CC)CC(CC)(CC)CC)CC(C)(CC)C(=O)OCCN1C(=O)c2ccccc2C1=O. The van der Waals surface area contributed by atoms with Crippen molar-refractivity contribution in [3.05, 3.63) is 35.4 Å². The summed E-state index contributed by atoms with van der Waals surface area (Å²) in [5.74, 6) is -0.740. The van der Waals surface area contributed by atoms with Gasteiger partial charge in [-0.3, -0.25) is 19.3 Å². The summed E-state index contributed by atoms with van der Waals surface area (Å²) < 4.78 is 6.63. The van der Waals surface area contributed by atoms with Crippen LogP contribution in [0.5, 0.6) is 0 Å². The molecule has 2 amide bonds. The Morgan fingerprint density at radius 1 is 0.367 bits per heavy atom. The molecule has 0 spiro atoms. The van der Waals surface area contributed by atoms with Crippen LogP contribution < -0.4 is 0 Å². The lowest BCUT2D eigenvalue weighted by atomic mass is 9.45. The van der Waals surface area contributed by atoms with E-state index in [2.05, 4.69) is 145 Å². The number of hydrogen-bond acceptors (Lipinski definition) is 4. The predicted octanol–water partition coefficient (Wildman–Crippen LogP) is 23.6. The molecule has 1 heterocycles. The first-order valence-corrected chi connectivity index (χ1v) is 34.5. The number of carbonyl (C=O) groups is 3. The number of rotatable bonds is 45. The second kappa shape index (κ2) is 32.2. The van der Waals surface area contributed by atoms with Gasteiger partial charge in [-0.25, -0.2) is 0 Å². The minimum atomic E-state index is -0.801. The number of benzene rings is 1. The number of carbonyl (C=O) groups excluding carboxylic acids is 3. The number of ether oxygens (including phenoxy) is 1. The van der Waals surface area contributed by atoms with Crippen molar-refractivity contribution >= 4 is 17.8 Å². The Morgan fingerprint density at radius 3 is 0.911 bits per heavy atom. The van der Waals surface area contributed by atoms with E-state index in [4.69, 9.17) is 4.74 Å². The second-order valence-corrected chi connectivity index (χ2v) is 28.3. The Kier molecular flexibility index (Phi) is 29.7. The minimum absolute atomic E-state index is 0.00268. The number of unbranched alkanes of at least 4 members (excludes halogenated alkanes) is 2. The maximum Gasteiger partial charge on any atom is 0.311 e. The Bertz CT molecular complexity index is 1760. The molecule has 0 N–H and O–H groups in total. The van der Waals surface area contributed by atoms with E-state index in [1.165, 1.54) is 159 Å². The minimum Gasteiger partial charge on any atom is -0.463 e. The maximum atomic E-state index is 15.9. The molecular weight excluding hydrogens is 967 g/mol. The van der Waals surface area contributed by atoms with Crippen molar-refractivity contribution in [3.8, 4) is 0 Å². The van der Waals surface area contributed by atoms with Crippen molar-refractivity contribution < 1.29 is 19.1 Å². The van der Waals surface area contributed by atoms with Gasteiger partial charge in [0.1, 0.15) is 6.61 Å². The Balaban J connectivity index is 3.56. The highest BCUT2D eigenvalue weighted by Gasteiger charge is 2.58. The lowest BCUT2D eigenvalue weighted by Gasteiger charge is -2.60. The number of hydrogen-bond donors (Lipinski definition) is 0. The largest absolute Gasteiger partial charge is 0.463 e. The molecule has 2 rings (SSSR count). The van der Waals surface area contributed by atoms with E-state index in [1.54, 1.807) is 12.1 Å². The average molecular weight is 1100 g/mol. The molecule has 460 valence electrons. The van der Waals surface area contributed by atoms with Gasteiger partial charge in [0.05, 0.1) is 23.1 Å². The third-order valence-corrected chi connectivity index (χ3v) is 25.3. The summed E-state index contributed by atoms with van der Waals surface area (Å²) in [6.07, 6.45) is 37.4. The molecule has 5 heteroatoms. The normalized spacial score (nSPS) is 15.9. The molecule has 1 aromatic carbocycles. The van der Waals surface area contributed by atoms with Gasteiger partial charge in [-0.15, -0.1) is 0 Å². The molecule has 0 aliphatic carbocycles. The van der Waals surface area contributed by atoms with Crippen molar-refractivity contribution in [1.29, 1.82) is 0 Å². The molecule has 2 unspecified atom stereocenters. The van der Waals surface area contributed by atoms with Gasteiger partial charge >= 0.3 is 5.97 Å². The first-order valence-electron chi connectivity index (χ1n) is 34.5. The predicted molar refractivity (Wildman–Crippen MR) is 344 cm³/mol. The lowest BCUT2D eigenvalue weighted by molar-refractivity contribution is -0.161. The number of imide groups is 1. The smallest absolute Gasteiger partial charge is 0.311 e. The first-order chi connectivity index (χ1) is 37.4. The molecule has 0 saturated carbocycles. The van der Waals surface area contributed by atoms with Gasteiger partial charge in [0.2, 0.25) is 0 Å². The zero-order chi connectivity index (χ0) is 60.0. The van der Waals surface area contributed by atoms with Gasteiger partial charge in [-0.05, 0) is 138 Å². The highest BCUT2D eigenvalue weighted by molar-refractivity contribution is 6.21. The van der Waals surface area contributed by atoms with Gasteiger partial charge in [-0.1, -0.05) is 285 Å². The summed E-state index contributed by atoms with van der Waals surface area (Å²) in [5.41, 5.74) is 1.13. The lowest BCUT2D eigenvalue weighted by Crippen LogP contribution is -2.50. The monoisotopic (exact) mass is 1100 g/mol. The van der Waals surface area contributed by atoms with Crippen LogP contribution in [-0.4, -0.2) is 35.8 Å². The van der Waals surface area contributed by atoms with Gasteiger partial charge in [0.25, 0.3) is 11.8 Å². The average Bonchev–Trinajstić information content (AvgIpc) is 3.74. The molecule has 1 aromatic rings. The van der Waals surface area contributed by atoms with E-state index in [0.717, 1.165) is 44.9 Å². The highest BCUT2D eigenvalue weighted by atomic mass is 16.5. The summed E-state index contributed by atoms with van der Waals surface area (Å²) in [6.45, 7) is 52.3. The summed E-state index contributed by atoms with van der Waals surface area (Å²) in [6, 6.07) is 7.10. The number of esters is 1. The van der Waals surface area contributed by atoms with Gasteiger partial charge < -0.3 is 4.74 Å². The maximum absolute atomic E-state index is 15.9. The van der Waals surface area contributed by atoms with Gasteiger partial charge in [0.15, 0.2) is 0 Å². The molecule has 79 heavy (non-hydrogen) atoms. The zero-order valence-corrected chi connectivity index (χ0v) is 56.9. The topological polar surface area (TPSA) is 63.7 Å². The summed E-state index contributed by atoms with van der Waals surface area (Å²) in [4.78, 5) is 44.5. The molecule has 1 aliphatic heterocycles. The number of fused-ring (bicyclic) bond motifs is 1. The third kappa shape index (κ3) is 17.5. The van der Waals surface area contributed by atoms with Crippen molar-refractivity contribution in [2.75, 3.05) is 13.2 Å². The molecule has 0 radical (unpaired) electrons. The van der Waals surface area contributed by atoms with Crippen molar-refractivity contribution in [2.45, 2.75) is 351 Å². The standard InChI is InChI=1S/C74H135NO4/c1-22-42-45-48-72(52-66(24-3,25-4)26-5,53-67(27-6,28-7)29-8)58-73(54-68(30-9,31-10)32-11,51-65(21,23-2)64(78)79-50-49-75-62(76)60-46-43-44-47-61(60)63(75)77)59-74(55-69(33-12,34-13)35-14,56-70(36-15,37-16)38-17)57-71(39-18,40-19)41-20/h43-44,46-47H,22-42,45,48-59H2,1-21H3. The molecule has 2 atom stereocenters. The molecule has 5 nitrogen and oxygen atoms in total. The Hall–Kier alpha value is -2.17. The second-order valence-electron chi connectivity index (χ2n) is 28.3. The summed E-state index contributed by atoms with van der Waals surface area (Å²) in [5, 5.41) is 0. The van der Waals surface area contributed by atoms with Crippen molar-refractivity contribution in [3.63, 3.8) is 0 Å². The van der Waals surface area contributed by atoms with E-state index in [1.807, 2.05) is 12.1 Å².